The van der Waals surface area contributed by atoms with Crippen LogP contribution in [0.5, 0.6) is 0 Å². The predicted molar refractivity (Wildman–Crippen MR) is 49.3 cm³/mol. The Morgan fingerprint density at radius 3 is 2.33 bits per heavy atom. The number of carbonyl (C=O) groups excluding carboxylic acids is 1. The molecule has 0 spiro atoms. The van der Waals surface area contributed by atoms with Crippen LogP contribution in [-0.4, -0.2) is 10.8 Å². The highest BCUT2D eigenvalue weighted by molar-refractivity contribution is 5.98. The van der Waals surface area contributed by atoms with Crippen LogP contribution in [0.1, 0.15) is 36.8 Å². The number of aromatic nitrogens is 1. The molecule has 2 nitrogen and oxygen atoms in total. The van der Waals surface area contributed by atoms with Gasteiger partial charge < -0.3 is 4.98 Å². The lowest BCUT2D eigenvalue weighted by atomic mass is 9.89. The van der Waals surface area contributed by atoms with Crippen molar-refractivity contribution in [1.29, 1.82) is 0 Å². The summed E-state index contributed by atoms with van der Waals surface area (Å²) in [6.07, 6.45) is 1.85. The minimum absolute atomic E-state index is 0.163. The Balaban J connectivity index is 2.93. The van der Waals surface area contributed by atoms with E-state index in [-0.39, 0.29) is 11.2 Å². The summed E-state index contributed by atoms with van der Waals surface area (Å²) in [5.41, 5.74) is 1.51. The smallest absolute Gasteiger partial charge is 0.184 e. The summed E-state index contributed by atoms with van der Waals surface area (Å²) in [7, 11) is 0. The van der Waals surface area contributed by atoms with Gasteiger partial charge in [-0.15, -0.1) is 0 Å². The van der Waals surface area contributed by atoms with Gasteiger partial charge in [0.05, 0.1) is 5.69 Å². The van der Waals surface area contributed by atoms with Crippen LogP contribution < -0.4 is 0 Å². The Morgan fingerprint density at radius 1 is 1.42 bits per heavy atom. The van der Waals surface area contributed by atoms with Crippen molar-refractivity contribution in [3.05, 3.63) is 23.5 Å². The van der Waals surface area contributed by atoms with Crippen LogP contribution in [0.2, 0.25) is 0 Å². The number of hydrogen-bond donors (Lipinski definition) is 1. The van der Waals surface area contributed by atoms with E-state index in [1.54, 1.807) is 0 Å². The summed E-state index contributed by atoms with van der Waals surface area (Å²) >= 11 is 0. The SMILES string of the molecule is Cc1c[nH]c(C(=O)C(C)(C)C)c1. The Labute approximate surface area is 73.0 Å². The molecule has 0 aromatic carbocycles. The van der Waals surface area contributed by atoms with Crippen molar-refractivity contribution in [2.24, 2.45) is 5.41 Å². The van der Waals surface area contributed by atoms with Crippen molar-refractivity contribution in [3.63, 3.8) is 0 Å². The predicted octanol–water partition coefficient (Wildman–Crippen LogP) is 2.55. The van der Waals surface area contributed by atoms with Crippen molar-refractivity contribution in [1.82, 2.24) is 4.98 Å². The molecule has 12 heavy (non-hydrogen) atoms. The normalized spacial score (nSPS) is 11.7. The molecular formula is C10H15NO. The molecule has 2 heteroatoms. The van der Waals surface area contributed by atoms with Gasteiger partial charge in [-0.1, -0.05) is 20.8 Å². The van der Waals surface area contributed by atoms with E-state index < -0.39 is 0 Å². The van der Waals surface area contributed by atoms with Gasteiger partial charge in [-0.2, -0.15) is 0 Å². The Hall–Kier alpha value is -1.05. The van der Waals surface area contributed by atoms with Crippen molar-refractivity contribution in [2.45, 2.75) is 27.7 Å². The summed E-state index contributed by atoms with van der Waals surface area (Å²) in [5.74, 6) is 0.163. The van der Waals surface area contributed by atoms with Crippen LogP contribution in [0.3, 0.4) is 0 Å². The van der Waals surface area contributed by atoms with E-state index in [0.717, 1.165) is 5.56 Å². The molecule has 0 atom stereocenters. The van der Waals surface area contributed by atoms with E-state index in [1.807, 2.05) is 40.0 Å². The number of aromatic amines is 1. The van der Waals surface area contributed by atoms with E-state index in [2.05, 4.69) is 4.98 Å². The van der Waals surface area contributed by atoms with E-state index >= 15 is 0 Å². The molecule has 0 aliphatic heterocycles. The molecule has 1 heterocycles. The fraction of sp³-hybridized carbons (Fsp3) is 0.500. The quantitative estimate of drug-likeness (QED) is 0.637. The van der Waals surface area contributed by atoms with E-state index in [1.165, 1.54) is 0 Å². The first-order chi connectivity index (χ1) is 5.41. The summed E-state index contributed by atoms with van der Waals surface area (Å²) < 4.78 is 0. The molecule has 1 rings (SSSR count). The van der Waals surface area contributed by atoms with Gasteiger partial charge in [0, 0.05) is 11.6 Å². The van der Waals surface area contributed by atoms with Crippen LogP contribution in [0.25, 0.3) is 0 Å². The molecule has 0 fully saturated rings. The molecule has 1 aromatic heterocycles. The zero-order valence-corrected chi connectivity index (χ0v) is 8.06. The van der Waals surface area contributed by atoms with Crippen LogP contribution >= 0.6 is 0 Å². The fourth-order valence-corrected chi connectivity index (χ4v) is 1.04. The summed E-state index contributed by atoms with van der Waals surface area (Å²) in [6.45, 7) is 7.73. The van der Waals surface area contributed by atoms with Gasteiger partial charge in [-0.3, -0.25) is 4.79 Å². The fourth-order valence-electron chi connectivity index (χ4n) is 1.04. The molecule has 0 unspecified atom stereocenters. The average molecular weight is 165 g/mol. The molecule has 0 aliphatic rings. The molecule has 0 radical (unpaired) electrons. The molecular weight excluding hydrogens is 150 g/mol. The molecule has 1 aromatic rings. The number of rotatable bonds is 1. The molecule has 0 saturated heterocycles. The third kappa shape index (κ3) is 1.76. The highest BCUT2D eigenvalue weighted by Gasteiger charge is 2.23. The minimum Gasteiger partial charge on any atom is -0.359 e. The largest absolute Gasteiger partial charge is 0.359 e. The summed E-state index contributed by atoms with van der Waals surface area (Å²) in [5, 5.41) is 0. The number of H-pyrrole nitrogens is 1. The number of hydrogen-bond acceptors (Lipinski definition) is 1. The standard InChI is InChI=1S/C10H15NO/c1-7-5-8(11-6-7)9(12)10(2,3)4/h5-6,11H,1-4H3. The van der Waals surface area contributed by atoms with E-state index in [0.29, 0.717) is 5.69 Å². The lowest BCUT2D eigenvalue weighted by Gasteiger charge is -2.14. The lowest BCUT2D eigenvalue weighted by molar-refractivity contribution is 0.0853. The van der Waals surface area contributed by atoms with Gasteiger partial charge in [0.1, 0.15) is 0 Å². The topological polar surface area (TPSA) is 32.9 Å². The van der Waals surface area contributed by atoms with Crippen LogP contribution in [0.15, 0.2) is 12.3 Å². The zero-order chi connectivity index (χ0) is 9.35. The third-order valence-electron chi connectivity index (χ3n) is 1.75. The minimum atomic E-state index is -0.294. The monoisotopic (exact) mass is 165 g/mol. The maximum Gasteiger partial charge on any atom is 0.184 e. The second-order valence-corrected chi connectivity index (χ2v) is 4.17. The van der Waals surface area contributed by atoms with E-state index in [4.69, 9.17) is 0 Å². The molecule has 1 N–H and O–H groups in total. The van der Waals surface area contributed by atoms with Crippen LogP contribution in [0.4, 0.5) is 0 Å². The van der Waals surface area contributed by atoms with Crippen molar-refractivity contribution in [3.8, 4) is 0 Å². The number of carbonyl (C=O) groups is 1. The number of aryl methyl sites for hydroxylation is 1. The van der Waals surface area contributed by atoms with Gasteiger partial charge in [0.15, 0.2) is 5.78 Å². The maximum atomic E-state index is 11.6. The highest BCUT2D eigenvalue weighted by Crippen LogP contribution is 2.20. The van der Waals surface area contributed by atoms with E-state index in [9.17, 15) is 4.79 Å². The first-order valence-electron chi connectivity index (χ1n) is 4.11. The number of Topliss-reactive ketones (excluding diaryl/α,β-unsaturated/α-hetero) is 1. The Bertz CT molecular complexity index is 291. The van der Waals surface area contributed by atoms with Gasteiger partial charge in [0.2, 0.25) is 0 Å². The summed E-state index contributed by atoms with van der Waals surface area (Å²) in [4.78, 5) is 14.6. The van der Waals surface area contributed by atoms with Crippen molar-refractivity contribution in [2.75, 3.05) is 0 Å². The van der Waals surface area contributed by atoms with Gasteiger partial charge in [-0.05, 0) is 18.6 Å². The maximum absolute atomic E-state index is 11.6. The van der Waals surface area contributed by atoms with Gasteiger partial charge >= 0.3 is 0 Å². The van der Waals surface area contributed by atoms with Gasteiger partial charge in [0.25, 0.3) is 0 Å². The lowest BCUT2D eigenvalue weighted by Crippen LogP contribution is -2.20. The first-order valence-corrected chi connectivity index (χ1v) is 4.11. The number of ketones is 1. The highest BCUT2D eigenvalue weighted by atomic mass is 16.1. The third-order valence-corrected chi connectivity index (χ3v) is 1.75. The molecule has 0 bridgehead atoms. The van der Waals surface area contributed by atoms with Gasteiger partial charge in [-0.25, -0.2) is 0 Å². The molecule has 0 amide bonds. The zero-order valence-electron chi connectivity index (χ0n) is 8.06. The second-order valence-electron chi connectivity index (χ2n) is 4.17. The van der Waals surface area contributed by atoms with Crippen molar-refractivity contribution >= 4 is 5.78 Å². The average Bonchev–Trinajstić information content (AvgIpc) is 2.32. The molecule has 0 saturated carbocycles. The first kappa shape index (κ1) is 9.04. The number of nitrogens with one attached hydrogen (secondary N) is 1. The second kappa shape index (κ2) is 2.77. The van der Waals surface area contributed by atoms with Crippen LogP contribution in [-0.2, 0) is 0 Å². The molecule has 0 aliphatic carbocycles. The molecule has 66 valence electrons. The Kier molecular flexibility index (Phi) is 2.09. The Morgan fingerprint density at radius 2 is 2.00 bits per heavy atom. The van der Waals surface area contributed by atoms with Crippen molar-refractivity contribution < 1.29 is 4.79 Å². The summed E-state index contributed by atoms with van der Waals surface area (Å²) in [6, 6.07) is 1.88. The van der Waals surface area contributed by atoms with Crippen LogP contribution in [0, 0.1) is 12.3 Å².